The van der Waals surface area contributed by atoms with Crippen LogP contribution in [0.1, 0.15) is 25.3 Å². The number of ether oxygens (including phenoxy) is 2. The summed E-state index contributed by atoms with van der Waals surface area (Å²) in [6.07, 6.45) is 5.12. The number of allylic oxidation sites excluding steroid dienone is 1. The van der Waals surface area contributed by atoms with Crippen molar-refractivity contribution in [3.8, 4) is 11.5 Å². The molecule has 0 aromatic heterocycles. The van der Waals surface area contributed by atoms with Gasteiger partial charge in [0, 0.05) is 24.7 Å². The van der Waals surface area contributed by atoms with Crippen LogP contribution >= 0.6 is 0 Å². The highest BCUT2D eigenvalue weighted by Crippen LogP contribution is 2.29. The molecule has 0 saturated carbocycles. The number of hydrogen-bond donors (Lipinski definition) is 0. The van der Waals surface area contributed by atoms with Gasteiger partial charge in [0.15, 0.2) is 11.5 Å². The molecule has 0 bridgehead atoms. The summed E-state index contributed by atoms with van der Waals surface area (Å²) in [6, 6.07) is 5.90. The third-order valence-electron chi connectivity index (χ3n) is 4.01. The first-order chi connectivity index (χ1) is 10.2. The molecule has 1 aliphatic rings. The van der Waals surface area contributed by atoms with E-state index in [4.69, 9.17) is 9.47 Å². The van der Waals surface area contributed by atoms with Gasteiger partial charge >= 0.3 is 0 Å². The highest BCUT2D eigenvalue weighted by atomic mass is 16.5. The van der Waals surface area contributed by atoms with Gasteiger partial charge in [0.25, 0.3) is 0 Å². The molecule has 21 heavy (non-hydrogen) atoms. The number of benzene rings is 1. The fraction of sp³-hybridized carbons (Fsp3) is 0.471. The van der Waals surface area contributed by atoms with Crippen molar-refractivity contribution in [2.24, 2.45) is 5.92 Å². The van der Waals surface area contributed by atoms with E-state index < -0.39 is 0 Å². The van der Waals surface area contributed by atoms with Gasteiger partial charge in [0.05, 0.1) is 14.2 Å². The van der Waals surface area contributed by atoms with Crippen LogP contribution in [0.2, 0.25) is 0 Å². The van der Waals surface area contributed by atoms with E-state index in [1.54, 1.807) is 14.2 Å². The molecule has 114 valence electrons. The number of piperidine rings is 1. The first kappa shape index (κ1) is 15.4. The van der Waals surface area contributed by atoms with Crippen LogP contribution in [-0.2, 0) is 4.79 Å². The summed E-state index contributed by atoms with van der Waals surface area (Å²) >= 11 is 0. The molecule has 0 unspecified atom stereocenters. The van der Waals surface area contributed by atoms with E-state index in [1.165, 1.54) is 5.70 Å². The van der Waals surface area contributed by atoms with Crippen LogP contribution in [-0.4, -0.2) is 38.5 Å². The lowest BCUT2D eigenvalue weighted by Crippen LogP contribution is -2.32. The van der Waals surface area contributed by atoms with Crippen molar-refractivity contribution in [1.82, 2.24) is 4.90 Å². The zero-order chi connectivity index (χ0) is 15.2. The average Bonchev–Trinajstić information content (AvgIpc) is 2.54. The Labute approximate surface area is 126 Å². The van der Waals surface area contributed by atoms with Crippen molar-refractivity contribution in [3.63, 3.8) is 0 Å². The molecule has 0 spiro atoms. The van der Waals surface area contributed by atoms with E-state index in [1.807, 2.05) is 18.2 Å². The Hall–Kier alpha value is -1.97. The van der Waals surface area contributed by atoms with Gasteiger partial charge in [-0.05, 0) is 43.5 Å². The van der Waals surface area contributed by atoms with Gasteiger partial charge in [-0.1, -0.05) is 6.07 Å². The Kier molecular flexibility index (Phi) is 5.26. The number of nitrogens with zero attached hydrogens (tertiary/aromatic N) is 1. The SMILES string of the molecule is COc1ccc(C=C(C)N2CCC(C=O)CC2)cc1OC. The minimum Gasteiger partial charge on any atom is -0.493 e. The third kappa shape index (κ3) is 3.78. The molecule has 0 atom stereocenters. The molecule has 1 heterocycles. The molecule has 0 aliphatic carbocycles. The van der Waals surface area contributed by atoms with Crippen molar-refractivity contribution >= 4 is 12.4 Å². The van der Waals surface area contributed by atoms with Gasteiger partial charge in [0.1, 0.15) is 6.29 Å². The van der Waals surface area contributed by atoms with Gasteiger partial charge in [-0.25, -0.2) is 0 Å². The van der Waals surface area contributed by atoms with Crippen molar-refractivity contribution < 1.29 is 14.3 Å². The molecule has 0 amide bonds. The molecular formula is C17H23NO3. The van der Waals surface area contributed by atoms with Crippen LogP contribution < -0.4 is 9.47 Å². The monoisotopic (exact) mass is 289 g/mol. The van der Waals surface area contributed by atoms with E-state index in [0.717, 1.165) is 49.3 Å². The van der Waals surface area contributed by atoms with Crippen molar-refractivity contribution in [1.29, 1.82) is 0 Å². The second-order valence-corrected chi connectivity index (χ2v) is 5.36. The van der Waals surface area contributed by atoms with Crippen LogP contribution in [0.25, 0.3) is 6.08 Å². The summed E-state index contributed by atoms with van der Waals surface area (Å²) in [7, 11) is 3.28. The van der Waals surface area contributed by atoms with Gasteiger partial charge in [-0.3, -0.25) is 0 Å². The molecule has 0 radical (unpaired) electrons. The van der Waals surface area contributed by atoms with E-state index in [-0.39, 0.29) is 5.92 Å². The largest absolute Gasteiger partial charge is 0.493 e. The Morgan fingerprint density at radius 2 is 1.86 bits per heavy atom. The van der Waals surface area contributed by atoms with Gasteiger partial charge in [0.2, 0.25) is 0 Å². The second kappa shape index (κ2) is 7.16. The first-order valence-corrected chi connectivity index (χ1v) is 7.28. The van der Waals surface area contributed by atoms with Crippen LogP contribution in [0, 0.1) is 5.92 Å². The predicted molar refractivity (Wildman–Crippen MR) is 83.6 cm³/mol. The molecule has 1 aromatic carbocycles. The van der Waals surface area contributed by atoms with Gasteiger partial charge in [-0.15, -0.1) is 0 Å². The predicted octanol–water partition coefficient (Wildman–Crippen LogP) is 2.98. The van der Waals surface area contributed by atoms with E-state index in [2.05, 4.69) is 17.9 Å². The maximum absolute atomic E-state index is 10.8. The Balaban J connectivity index is 2.10. The van der Waals surface area contributed by atoms with Crippen LogP contribution in [0.3, 0.4) is 0 Å². The van der Waals surface area contributed by atoms with Crippen molar-refractivity contribution in [3.05, 3.63) is 29.5 Å². The number of hydrogen-bond acceptors (Lipinski definition) is 4. The molecule has 2 rings (SSSR count). The van der Waals surface area contributed by atoms with E-state index in [0.29, 0.717) is 0 Å². The molecular weight excluding hydrogens is 266 g/mol. The highest BCUT2D eigenvalue weighted by molar-refractivity contribution is 5.58. The van der Waals surface area contributed by atoms with Gasteiger partial charge < -0.3 is 19.2 Å². The maximum Gasteiger partial charge on any atom is 0.161 e. The molecule has 1 aromatic rings. The third-order valence-corrected chi connectivity index (χ3v) is 4.01. The first-order valence-electron chi connectivity index (χ1n) is 7.28. The number of aldehydes is 1. The zero-order valence-electron chi connectivity index (χ0n) is 13.0. The Bertz CT molecular complexity index is 517. The standard InChI is InChI=1S/C17H23NO3/c1-13(18-8-6-14(12-19)7-9-18)10-15-4-5-16(20-2)17(11-15)21-3/h4-5,10-12,14H,6-9H2,1-3H3. The molecule has 4 nitrogen and oxygen atoms in total. The molecule has 1 fully saturated rings. The molecule has 4 heteroatoms. The summed E-state index contributed by atoms with van der Waals surface area (Å²) in [5.41, 5.74) is 2.30. The lowest BCUT2D eigenvalue weighted by Gasteiger charge is -2.32. The lowest BCUT2D eigenvalue weighted by molar-refractivity contribution is -0.112. The smallest absolute Gasteiger partial charge is 0.161 e. The molecule has 1 saturated heterocycles. The highest BCUT2D eigenvalue weighted by Gasteiger charge is 2.18. The number of carbonyl (C=O) groups is 1. The minimum absolute atomic E-state index is 0.232. The van der Waals surface area contributed by atoms with Crippen molar-refractivity contribution in [2.45, 2.75) is 19.8 Å². The number of likely N-dealkylation sites (tertiary alicyclic amines) is 1. The summed E-state index contributed by atoms with van der Waals surface area (Å²) in [5.74, 6) is 1.70. The van der Waals surface area contributed by atoms with Crippen LogP contribution in [0.4, 0.5) is 0 Å². The fourth-order valence-corrected chi connectivity index (χ4v) is 2.66. The Morgan fingerprint density at radius 1 is 1.19 bits per heavy atom. The normalized spacial score (nSPS) is 16.7. The average molecular weight is 289 g/mol. The van der Waals surface area contributed by atoms with E-state index >= 15 is 0 Å². The van der Waals surface area contributed by atoms with Crippen LogP contribution in [0.5, 0.6) is 11.5 Å². The zero-order valence-corrected chi connectivity index (χ0v) is 13.0. The number of rotatable bonds is 5. The number of methoxy groups -OCH3 is 2. The van der Waals surface area contributed by atoms with E-state index in [9.17, 15) is 4.79 Å². The second-order valence-electron chi connectivity index (χ2n) is 5.36. The molecule has 1 aliphatic heterocycles. The quantitative estimate of drug-likeness (QED) is 0.781. The fourth-order valence-electron chi connectivity index (χ4n) is 2.66. The summed E-state index contributed by atoms with van der Waals surface area (Å²) in [4.78, 5) is 13.1. The topological polar surface area (TPSA) is 38.8 Å². The lowest BCUT2D eigenvalue weighted by atomic mass is 9.98. The molecule has 0 N–H and O–H groups in total. The maximum atomic E-state index is 10.8. The van der Waals surface area contributed by atoms with Gasteiger partial charge in [-0.2, -0.15) is 0 Å². The van der Waals surface area contributed by atoms with Crippen molar-refractivity contribution in [2.75, 3.05) is 27.3 Å². The number of carbonyl (C=O) groups excluding carboxylic acids is 1. The summed E-state index contributed by atoms with van der Waals surface area (Å²) in [5, 5.41) is 0. The minimum atomic E-state index is 0.232. The Morgan fingerprint density at radius 3 is 2.43 bits per heavy atom. The summed E-state index contributed by atoms with van der Waals surface area (Å²) < 4.78 is 10.6. The van der Waals surface area contributed by atoms with Crippen LogP contribution in [0.15, 0.2) is 23.9 Å². The summed E-state index contributed by atoms with van der Waals surface area (Å²) in [6.45, 7) is 4.00.